The molecule has 4 nitrogen and oxygen atoms in total. The van der Waals surface area contributed by atoms with Gasteiger partial charge in [0, 0.05) is 35.3 Å². The molecule has 0 spiro atoms. The zero-order chi connectivity index (χ0) is 21.9. The molecule has 0 saturated carbocycles. The number of hydrogen-bond acceptors (Lipinski definition) is 2. The van der Waals surface area contributed by atoms with Crippen molar-refractivity contribution in [2.45, 2.75) is 25.2 Å². The molecule has 6 rings (SSSR count). The van der Waals surface area contributed by atoms with E-state index in [1.807, 2.05) is 24.3 Å². The summed E-state index contributed by atoms with van der Waals surface area (Å²) >= 11 is 12.3. The molecular formula is C26H28Cl2N4. The van der Waals surface area contributed by atoms with Gasteiger partial charge >= 0.3 is 0 Å². The van der Waals surface area contributed by atoms with Crippen molar-refractivity contribution < 1.29 is 0 Å². The van der Waals surface area contributed by atoms with Crippen molar-refractivity contribution in [3.63, 3.8) is 0 Å². The summed E-state index contributed by atoms with van der Waals surface area (Å²) in [6, 6.07) is 12.2. The Bertz CT molecular complexity index is 1250. The van der Waals surface area contributed by atoms with Gasteiger partial charge in [0.15, 0.2) is 0 Å². The number of aromatic amines is 2. The van der Waals surface area contributed by atoms with Gasteiger partial charge in [0.25, 0.3) is 0 Å². The van der Waals surface area contributed by atoms with Crippen LogP contribution in [0.25, 0.3) is 27.4 Å². The zero-order valence-corrected chi connectivity index (χ0v) is 19.5. The van der Waals surface area contributed by atoms with Crippen molar-refractivity contribution in [1.82, 2.24) is 20.6 Å². The second-order valence-corrected chi connectivity index (χ2v) is 9.29. The van der Waals surface area contributed by atoms with E-state index in [1.54, 1.807) is 0 Å². The van der Waals surface area contributed by atoms with Crippen molar-refractivity contribution in [3.8, 4) is 0 Å². The fraction of sp³-hybridized carbons (Fsp3) is 0.308. The Labute approximate surface area is 198 Å². The van der Waals surface area contributed by atoms with E-state index < -0.39 is 0 Å². The number of para-hydroxylation sites is 2. The normalized spacial score (nSPS) is 17.2. The number of piperidine rings is 1. The average Bonchev–Trinajstić information content (AvgIpc) is 3.47. The van der Waals surface area contributed by atoms with Gasteiger partial charge in [0.05, 0.1) is 21.1 Å². The van der Waals surface area contributed by atoms with Gasteiger partial charge < -0.3 is 20.6 Å². The summed E-state index contributed by atoms with van der Waals surface area (Å²) in [5.41, 5.74) is 6.25. The Morgan fingerprint density at radius 3 is 2.16 bits per heavy atom. The Balaban J connectivity index is 0.000000135. The zero-order valence-electron chi connectivity index (χ0n) is 18.0. The second-order valence-electron chi connectivity index (χ2n) is 8.48. The molecule has 6 heteroatoms. The third kappa shape index (κ3) is 4.33. The smallest absolute Gasteiger partial charge is 0.0649 e. The minimum absolute atomic E-state index is 0.675. The summed E-state index contributed by atoms with van der Waals surface area (Å²) in [5, 5.41) is 10.8. The maximum Gasteiger partial charge on any atom is 0.0649 e. The van der Waals surface area contributed by atoms with Crippen LogP contribution in [0.4, 0.5) is 0 Å². The number of fused-ring (bicyclic) bond motifs is 2. The highest BCUT2D eigenvalue weighted by Gasteiger charge is 2.18. The van der Waals surface area contributed by atoms with Crippen LogP contribution in [0.1, 0.15) is 36.3 Å². The molecule has 0 bridgehead atoms. The molecule has 4 N–H and O–H groups in total. The van der Waals surface area contributed by atoms with E-state index in [1.165, 1.54) is 40.3 Å². The highest BCUT2D eigenvalue weighted by molar-refractivity contribution is 6.35. The van der Waals surface area contributed by atoms with Crippen LogP contribution in [-0.2, 0) is 0 Å². The number of aromatic nitrogens is 2. The first-order chi connectivity index (χ1) is 15.7. The molecule has 2 aromatic heterocycles. The predicted octanol–water partition coefficient (Wildman–Crippen LogP) is 6.49. The minimum Gasteiger partial charge on any atom is -0.360 e. The summed E-state index contributed by atoms with van der Waals surface area (Å²) in [5.74, 6) is 0.675. The van der Waals surface area contributed by atoms with Gasteiger partial charge in [0.1, 0.15) is 0 Å². The van der Waals surface area contributed by atoms with Crippen LogP contribution in [0.2, 0.25) is 10.0 Å². The third-order valence-corrected chi connectivity index (χ3v) is 7.18. The number of benzene rings is 2. The van der Waals surface area contributed by atoms with Crippen LogP contribution < -0.4 is 10.6 Å². The topological polar surface area (TPSA) is 55.6 Å². The lowest BCUT2D eigenvalue weighted by Gasteiger charge is -2.22. The van der Waals surface area contributed by atoms with E-state index in [0.29, 0.717) is 5.92 Å². The molecule has 32 heavy (non-hydrogen) atoms. The first-order valence-electron chi connectivity index (χ1n) is 11.3. The first-order valence-corrected chi connectivity index (χ1v) is 12.1. The summed E-state index contributed by atoms with van der Waals surface area (Å²) in [4.78, 5) is 6.56. The van der Waals surface area contributed by atoms with E-state index in [-0.39, 0.29) is 0 Å². The van der Waals surface area contributed by atoms with Gasteiger partial charge in [-0.2, -0.15) is 0 Å². The largest absolute Gasteiger partial charge is 0.360 e. The monoisotopic (exact) mass is 466 g/mol. The predicted molar refractivity (Wildman–Crippen MR) is 137 cm³/mol. The lowest BCUT2D eigenvalue weighted by molar-refractivity contribution is 0.462. The van der Waals surface area contributed by atoms with Crippen LogP contribution in [0.3, 0.4) is 0 Å². The summed E-state index contributed by atoms with van der Waals surface area (Å²) < 4.78 is 0. The number of halogens is 2. The second kappa shape index (κ2) is 9.72. The Hall–Kier alpha value is -2.24. The van der Waals surface area contributed by atoms with Crippen LogP contribution in [0, 0.1) is 0 Å². The van der Waals surface area contributed by atoms with E-state index in [2.05, 4.69) is 51.2 Å². The van der Waals surface area contributed by atoms with Crippen LogP contribution in [0.15, 0.2) is 54.9 Å². The van der Waals surface area contributed by atoms with Gasteiger partial charge in [-0.15, -0.1) is 0 Å². The van der Waals surface area contributed by atoms with Crippen LogP contribution in [-0.4, -0.2) is 36.1 Å². The molecule has 0 unspecified atom stereocenters. The van der Waals surface area contributed by atoms with Crippen molar-refractivity contribution in [2.75, 3.05) is 26.2 Å². The minimum atomic E-state index is 0.675. The Morgan fingerprint density at radius 2 is 1.44 bits per heavy atom. The number of rotatable bonds is 2. The molecule has 4 heterocycles. The van der Waals surface area contributed by atoms with Crippen LogP contribution in [0.5, 0.6) is 0 Å². The molecule has 2 aliphatic rings. The molecule has 2 aliphatic heterocycles. The van der Waals surface area contributed by atoms with Crippen molar-refractivity contribution >= 4 is 50.6 Å². The van der Waals surface area contributed by atoms with E-state index >= 15 is 0 Å². The van der Waals surface area contributed by atoms with Crippen molar-refractivity contribution in [1.29, 1.82) is 0 Å². The molecule has 0 amide bonds. The molecule has 4 aromatic rings. The van der Waals surface area contributed by atoms with E-state index in [4.69, 9.17) is 23.2 Å². The highest BCUT2D eigenvalue weighted by atomic mass is 35.5. The first kappa shape index (κ1) is 21.6. The molecule has 0 aliphatic carbocycles. The molecule has 1 fully saturated rings. The fourth-order valence-corrected chi connectivity index (χ4v) is 5.32. The van der Waals surface area contributed by atoms with Gasteiger partial charge in [-0.3, -0.25) is 0 Å². The van der Waals surface area contributed by atoms with Gasteiger partial charge in [-0.1, -0.05) is 53.5 Å². The lowest BCUT2D eigenvalue weighted by Crippen LogP contribution is -2.26. The summed E-state index contributed by atoms with van der Waals surface area (Å²) in [7, 11) is 0. The number of hydrogen-bond donors (Lipinski definition) is 4. The molecule has 0 radical (unpaired) electrons. The Kier molecular flexibility index (Phi) is 6.56. The molecule has 1 saturated heterocycles. The molecule has 166 valence electrons. The lowest BCUT2D eigenvalue weighted by atomic mass is 9.90. The van der Waals surface area contributed by atoms with Crippen molar-refractivity contribution in [3.05, 3.63) is 76.0 Å². The Morgan fingerprint density at radius 1 is 0.750 bits per heavy atom. The SMILES string of the molecule is Clc1cccc2c(C3=CCNCC3)c[nH]c12.Clc1cccc2c(C3CCNCC3)c[nH]c12. The number of nitrogens with one attached hydrogen (secondary N) is 4. The molecule has 0 atom stereocenters. The number of H-pyrrole nitrogens is 2. The quantitative estimate of drug-likeness (QED) is 0.273. The van der Waals surface area contributed by atoms with Gasteiger partial charge in [-0.25, -0.2) is 0 Å². The van der Waals surface area contributed by atoms with E-state index in [0.717, 1.165) is 53.7 Å². The summed E-state index contributed by atoms with van der Waals surface area (Å²) in [6.45, 7) is 4.26. The fourth-order valence-electron chi connectivity index (χ4n) is 4.86. The van der Waals surface area contributed by atoms with Gasteiger partial charge in [-0.05, 0) is 68.1 Å². The standard InChI is InChI=1S/C13H15ClN2.C13H13ClN2/c2*14-12-3-1-2-10-11(8-16-13(10)12)9-4-6-15-7-5-9/h1-3,8-9,15-16H,4-7H2;1-4,8,15-16H,5-7H2. The molecule has 2 aromatic carbocycles. The van der Waals surface area contributed by atoms with E-state index in [9.17, 15) is 0 Å². The average molecular weight is 467 g/mol. The maximum absolute atomic E-state index is 6.17. The third-order valence-electron chi connectivity index (χ3n) is 6.55. The van der Waals surface area contributed by atoms with Crippen molar-refractivity contribution in [2.24, 2.45) is 0 Å². The highest BCUT2D eigenvalue weighted by Crippen LogP contribution is 2.34. The molecular weight excluding hydrogens is 439 g/mol. The van der Waals surface area contributed by atoms with Gasteiger partial charge in [0.2, 0.25) is 0 Å². The summed E-state index contributed by atoms with van der Waals surface area (Å²) in [6.07, 6.45) is 9.98. The maximum atomic E-state index is 6.17. The van der Waals surface area contributed by atoms with Crippen LogP contribution >= 0.6 is 23.2 Å².